The van der Waals surface area contributed by atoms with Crippen LogP contribution in [0.5, 0.6) is 5.75 Å². The molecule has 0 unspecified atom stereocenters. The molecule has 4 heteroatoms. The van der Waals surface area contributed by atoms with Gasteiger partial charge in [0.25, 0.3) is 0 Å². The molecular formula is C12H18N2OS. The van der Waals surface area contributed by atoms with E-state index in [-0.39, 0.29) is 5.54 Å². The van der Waals surface area contributed by atoms with Crippen LogP contribution in [0.4, 0.5) is 5.69 Å². The number of anilines is 1. The predicted molar refractivity (Wildman–Crippen MR) is 72.3 cm³/mol. The Balaban J connectivity index is 3.15. The van der Waals surface area contributed by atoms with Crippen molar-refractivity contribution < 1.29 is 4.74 Å². The van der Waals surface area contributed by atoms with Crippen molar-refractivity contribution >= 4 is 22.9 Å². The van der Waals surface area contributed by atoms with Gasteiger partial charge in [-0.1, -0.05) is 12.2 Å². The molecule has 0 heterocycles. The monoisotopic (exact) mass is 238 g/mol. The SMILES string of the molecule is COc1ccc(C(N)=S)c(NC(C)(C)C)c1. The minimum absolute atomic E-state index is 0.0497. The second-order valence-corrected chi connectivity index (χ2v) is 5.09. The molecule has 0 radical (unpaired) electrons. The molecule has 0 spiro atoms. The van der Waals surface area contributed by atoms with Crippen LogP contribution in [0.1, 0.15) is 26.3 Å². The molecule has 0 atom stereocenters. The van der Waals surface area contributed by atoms with E-state index in [1.807, 2.05) is 18.2 Å². The maximum absolute atomic E-state index is 5.68. The number of nitrogens with one attached hydrogen (secondary N) is 1. The van der Waals surface area contributed by atoms with Crippen molar-refractivity contribution in [2.75, 3.05) is 12.4 Å². The van der Waals surface area contributed by atoms with E-state index in [2.05, 4.69) is 26.1 Å². The van der Waals surface area contributed by atoms with Gasteiger partial charge < -0.3 is 15.8 Å². The third-order valence-electron chi connectivity index (χ3n) is 2.00. The Labute approximate surface area is 102 Å². The molecule has 16 heavy (non-hydrogen) atoms. The summed E-state index contributed by atoms with van der Waals surface area (Å²) in [5.41, 5.74) is 7.37. The average molecular weight is 238 g/mol. The lowest BCUT2D eigenvalue weighted by Crippen LogP contribution is -2.28. The summed E-state index contributed by atoms with van der Waals surface area (Å²) in [6.45, 7) is 6.24. The van der Waals surface area contributed by atoms with E-state index in [9.17, 15) is 0 Å². The number of thiocarbonyl (C=S) groups is 1. The number of methoxy groups -OCH3 is 1. The first kappa shape index (κ1) is 12.8. The molecule has 1 rings (SSSR count). The van der Waals surface area contributed by atoms with Crippen LogP contribution in [0, 0.1) is 0 Å². The molecule has 1 aromatic rings. The molecule has 0 fully saturated rings. The zero-order valence-corrected chi connectivity index (χ0v) is 10.9. The fourth-order valence-electron chi connectivity index (χ4n) is 1.37. The molecule has 3 N–H and O–H groups in total. The molecule has 3 nitrogen and oxygen atoms in total. The lowest BCUT2D eigenvalue weighted by Gasteiger charge is -2.24. The number of ether oxygens (including phenoxy) is 1. The van der Waals surface area contributed by atoms with E-state index in [4.69, 9.17) is 22.7 Å². The van der Waals surface area contributed by atoms with E-state index in [0.29, 0.717) is 4.99 Å². The molecule has 0 aliphatic heterocycles. The van der Waals surface area contributed by atoms with Gasteiger partial charge in [0.15, 0.2) is 0 Å². The van der Waals surface area contributed by atoms with Crippen molar-refractivity contribution in [1.82, 2.24) is 0 Å². The van der Waals surface area contributed by atoms with Gasteiger partial charge in [-0.25, -0.2) is 0 Å². The highest BCUT2D eigenvalue weighted by molar-refractivity contribution is 7.80. The van der Waals surface area contributed by atoms with Gasteiger partial charge in [0.1, 0.15) is 10.7 Å². The maximum Gasteiger partial charge on any atom is 0.120 e. The number of nitrogens with two attached hydrogens (primary N) is 1. The van der Waals surface area contributed by atoms with Crippen LogP contribution in [0.2, 0.25) is 0 Å². The third-order valence-corrected chi connectivity index (χ3v) is 2.22. The Hall–Kier alpha value is -1.29. The van der Waals surface area contributed by atoms with Crippen LogP contribution in [0.3, 0.4) is 0 Å². The molecule has 0 amide bonds. The van der Waals surface area contributed by atoms with E-state index in [1.54, 1.807) is 7.11 Å². The minimum Gasteiger partial charge on any atom is -0.497 e. The number of rotatable bonds is 3. The molecule has 0 aliphatic carbocycles. The Morgan fingerprint density at radius 2 is 2.00 bits per heavy atom. The normalized spacial score (nSPS) is 11.0. The van der Waals surface area contributed by atoms with Gasteiger partial charge in [-0.3, -0.25) is 0 Å². The molecular weight excluding hydrogens is 220 g/mol. The largest absolute Gasteiger partial charge is 0.497 e. The zero-order valence-electron chi connectivity index (χ0n) is 10.1. The second kappa shape index (κ2) is 4.70. The molecule has 88 valence electrons. The summed E-state index contributed by atoms with van der Waals surface area (Å²) in [7, 11) is 1.64. The minimum atomic E-state index is -0.0497. The molecule has 0 saturated heterocycles. The van der Waals surface area contributed by atoms with Crippen LogP contribution in [0.15, 0.2) is 18.2 Å². The summed E-state index contributed by atoms with van der Waals surface area (Å²) >= 11 is 5.02. The van der Waals surface area contributed by atoms with Crippen molar-refractivity contribution in [3.8, 4) is 5.75 Å². The molecule has 0 bridgehead atoms. The van der Waals surface area contributed by atoms with Crippen LogP contribution >= 0.6 is 12.2 Å². The second-order valence-electron chi connectivity index (χ2n) is 4.65. The van der Waals surface area contributed by atoms with Crippen LogP contribution in [-0.4, -0.2) is 17.6 Å². The van der Waals surface area contributed by atoms with E-state index in [1.165, 1.54) is 0 Å². The van der Waals surface area contributed by atoms with Gasteiger partial charge in [-0.05, 0) is 32.9 Å². The average Bonchev–Trinajstić information content (AvgIpc) is 2.14. The van der Waals surface area contributed by atoms with Crippen molar-refractivity contribution in [2.24, 2.45) is 5.73 Å². The number of benzene rings is 1. The summed E-state index contributed by atoms with van der Waals surface area (Å²) in [6, 6.07) is 5.62. The highest BCUT2D eigenvalue weighted by Crippen LogP contribution is 2.25. The van der Waals surface area contributed by atoms with Crippen molar-refractivity contribution in [2.45, 2.75) is 26.3 Å². The predicted octanol–water partition coefficient (Wildman–Crippen LogP) is 2.54. The summed E-state index contributed by atoms with van der Waals surface area (Å²) < 4.78 is 5.18. The zero-order chi connectivity index (χ0) is 12.3. The Bertz CT molecular complexity index is 396. The number of hydrogen-bond donors (Lipinski definition) is 2. The van der Waals surface area contributed by atoms with Gasteiger partial charge >= 0.3 is 0 Å². The Kier molecular flexibility index (Phi) is 3.75. The van der Waals surface area contributed by atoms with Crippen molar-refractivity contribution in [3.63, 3.8) is 0 Å². The lowest BCUT2D eigenvalue weighted by atomic mass is 10.1. The Morgan fingerprint density at radius 3 is 2.44 bits per heavy atom. The molecule has 0 saturated carbocycles. The fourth-order valence-corrected chi connectivity index (χ4v) is 1.55. The first-order valence-electron chi connectivity index (χ1n) is 5.09. The topological polar surface area (TPSA) is 47.3 Å². The summed E-state index contributed by atoms with van der Waals surface area (Å²) in [4.78, 5) is 0.384. The Morgan fingerprint density at radius 1 is 1.38 bits per heavy atom. The van der Waals surface area contributed by atoms with Crippen molar-refractivity contribution in [3.05, 3.63) is 23.8 Å². The highest BCUT2D eigenvalue weighted by atomic mass is 32.1. The van der Waals surface area contributed by atoms with E-state index >= 15 is 0 Å². The summed E-state index contributed by atoms with van der Waals surface area (Å²) in [5.74, 6) is 0.784. The third kappa shape index (κ3) is 3.38. The quantitative estimate of drug-likeness (QED) is 0.794. The lowest BCUT2D eigenvalue weighted by molar-refractivity contribution is 0.415. The number of hydrogen-bond acceptors (Lipinski definition) is 3. The van der Waals surface area contributed by atoms with Crippen LogP contribution in [0.25, 0.3) is 0 Å². The smallest absolute Gasteiger partial charge is 0.120 e. The summed E-state index contributed by atoms with van der Waals surface area (Å²) in [5, 5.41) is 3.36. The maximum atomic E-state index is 5.68. The van der Waals surface area contributed by atoms with Crippen LogP contribution < -0.4 is 15.8 Å². The first-order chi connectivity index (χ1) is 7.33. The van der Waals surface area contributed by atoms with Crippen molar-refractivity contribution in [1.29, 1.82) is 0 Å². The van der Waals surface area contributed by atoms with E-state index in [0.717, 1.165) is 17.0 Å². The van der Waals surface area contributed by atoms with Crippen LogP contribution in [-0.2, 0) is 0 Å². The first-order valence-corrected chi connectivity index (χ1v) is 5.50. The van der Waals surface area contributed by atoms with Gasteiger partial charge in [-0.2, -0.15) is 0 Å². The molecule has 0 aromatic heterocycles. The fraction of sp³-hybridized carbons (Fsp3) is 0.417. The van der Waals surface area contributed by atoms with Gasteiger partial charge in [0.2, 0.25) is 0 Å². The molecule has 0 aliphatic rings. The van der Waals surface area contributed by atoms with E-state index < -0.39 is 0 Å². The summed E-state index contributed by atoms with van der Waals surface area (Å²) in [6.07, 6.45) is 0. The van der Waals surface area contributed by atoms with Gasteiger partial charge in [-0.15, -0.1) is 0 Å². The standard InChI is InChI=1S/C12H18N2OS/c1-12(2,3)14-10-7-8(15-4)5-6-9(10)11(13)16/h5-7,14H,1-4H3,(H2,13,16). The van der Waals surface area contributed by atoms with Gasteiger partial charge in [0, 0.05) is 22.9 Å². The van der Waals surface area contributed by atoms with Gasteiger partial charge in [0.05, 0.1) is 7.11 Å². The molecule has 1 aromatic carbocycles. The highest BCUT2D eigenvalue weighted by Gasteiger charge is 2.14.